The number of halogens is 1. The number of nitrogens with two attached hydrogens (primary N) is 1. The molecular weight excluding hydrogens is 354 g/mol. The van der Waals surface area contributed by atoms with E-state index in [0.29, 0.717) is 18.2 Å². The molecule has 26 heavy (non-hydrogen) atoms. The van der Waals surface area contributed by atoms with Crippen molar-refractivity contribution in [3.63, 3.8) is 0 Å². The molecule has 0 aliphatic carbocycles. The predicted molar refractivity (Wildman–Crippen MR) is 97.3 cm³/mol. The van der Waals surface area contributed by atoms with Crippen molar-refractivity contribution >= 4 is 17.6 Å². The van der Waals surface area contributed by atoms with E-state index in [1.54, 1.807) is 12.4 Å². The number of amidine groups is 1. The maximum atomic E-state index is 6.35. The molecule has 7 heteroatoms. The molecule has 0 bridgehead atoms. The van der Waals surface area contributed by atoms with Crippen LogP contribution in [-0.4, -0.2) is 35.9 Å². The second-order valence-corrected chi connectivity index (χ2v) is 7.62. The van der Waals surface area contributed by atoms with Crippen molar-refractivity contribution in [1.29, 1.82) is 0 Å². The van der Waals surface area contributed by atoms with Crippen LogP contribution in [0.15, 0.2) is 41.7 Å². The maximum Gasteiger partial charge on any atom is 0.283 e. The third kappa shape index (κ3) is 2.15. The molecule has 1 fully saturated rings. The number of ether oxygens (including phenoxy) is 3. The zero-order valence-electron chi connectivity index (χ0n) is 14.2. The largest absolute Gasteiger partial charge is 0.484 e. The van der Waals surface area contributed by atoms with Crippen LogP contribution in [0.1, 0.15) is 18.9 Å². The van der Waals surface area contributed by atoms with Crippen LogP contribution < -0.4 is 10.5 Å². The molecule has 5 rings (SSSR count). The van der Waals surface area contributed by atoms with Gasteiger partial charge in [-0.25, -0.2) is 4.99 Å². The predicted octanol–water partition coefficient (Wildman–Crippen LogP) is 2.88. The second kappa shape index (κ2) is 5.34. The molecule has 1 saturated heterocycles. The van der Waals surface area contributed by atoms with Gasteiger partial charge in [0, 0.05) is 29.9 Å². The normalized spacial score (nSPS) is 31.8. The fourth-order valence-corrected chi connectivity index (χ4v) is 4.42. The van der Waals surface area contributed by atoms with Crippen molar-refractivity contribution in [2.75, 3.05) is 13.2 Å². The van der Waals surface area contributed by atoms with Gasteiger partial charge >= 0.3 is 0 Å². The lowest BCUT2D eigenvalue weighted by Crippen LogP contribution is -2.57. The summed E-state index contributed by atoms with van der Waals surface area (Å²) < 4.78 is 18.0. The number of nitrogens with zero attached hydrogens (tertiary/aromatic N) is 2. The molecule has 0 radical (unpaired) electrons. The van der Waals surface area contributed by atoms with Crippen LogP contribution in [0, 0.1) is 0 Å². The Morgan fingerprint density at radius 3 is 2.88 bits per heavy atom. The molecule has 3 atom stereocenters. The maximum absolute atomic E-state index is 6.35. The molecule has 1 spiro atoms. The number of aliphatic imine (C=N–C) groups is 1. The third-order valence-corrected chi connectivity index (χ3v) is 5.66. The summed E-state index contributed by atoms with van der Waals surface area (Å²) in [5.41, 5.74) is 7.55. The Balaban J connectivity index is 1.71. The lowest BCUT2D eigenvalue weighted by Gasteiger charge is -2.45. The van der Waals surface area contributed by atoms with Crippen molar-refractivity contribution in [3.05, 3.63) is 47.2 Å². The molecule has 3 aliphatic rings. The van der Waals surface area contributed by atoms with Gasteiger partial charge in [-0.15, -0.1) is 0 Å². The van der Waals surface area contributed by atoms with E-state index in [9.17, 15) is 0 Å². The quantitative estimate of drug-likeness (QED) is 0.833. The number of fused-ring (bicyclic) bond motifs is 4. The van der Waals surface area contributed by atoms with E-state index in [-0.39, 0.29) is 12.1 Å². The first-order chi connectivity index (χ1) is 12.5. The van der Waals surface area contributed by atoms with Gasteiger partial charge in [0.05, 0.1) is 11.6 Å². The Morgan fingerprint density at radius 2 is 2.12 bits per heavy atom. The van der Waals surface area contributed by atoms with Gasteiger partial charge in [-0.1, -0.05) is 17.7 Å². The van der Waals surface area contributed by atoms with Crippen LogP contribution in [0.25, 0.3) is 11.1 Å². The highest BCUT2D eigenvalue weighted by Gasteiger charge is 2.62. The minimum Gasteiger partial charge on any atom is -0.484 e. The summed E-state index contributed by atoms with van der Waals surface area (Å²) in [5.74, 6) is 0.787. The number of benzene rings is 1. The molecule has 4 heterocycles. The Morgan fingerprint density at radius 1 is 1.23 bits per heavy atom. The van der Waals surface area contributed by atoms with Gasteiger partial charge in [0.15, 0.2) is 5.54 Å². The zero-order valence-corrected chi connectivity index (χ0v) is 15.0. The highest BCUT2D eigenvalue weighted by molar-refractivity contribution is 6.30. The Labute approximate surface area is 155 Å². The summed E-state index contributed by atoms with van der Waals surface area (Å²) in [4.78, 5) is 8.86. The van der Waals surface area contributed by atoms with E-state index < -0.39 is 11.1 Å². The van der Waals surface area contributed by atoms with Gasteiger partial charge in [0.2, 0.25) is 0 Å². The third-order valence-electron chi connectivity index (χ3n) is 5.45. The van der Waals surface area contributed by atoms with Crippen LogP contribution in [0.4, 0.5) is 0 Å². The van der Waals surface area contributed by atoms with Gasteiger partial charge in [-0.3, -0.25) is 4.98 Å². The van der Waals surface area contributed by atoms with Crippen LogP contribution in [0.5, 0.6) is 5.75 Å². The summed E-state index contributed by atoms with van der Waals surface area (Å²) in [6, 6.07) is 8.09. The number of aromatic nitrogens is 1. The summed E-state index contributed by atoms with van der Waals surface area (Å²) >= 11 is 6.10. The number of hydrogen-bond donors (Lipinski definition) is 1. The monoisotopic (exact) mass is 371 g/mol. The fourth-order valence-electron chi connectivity index (χ4n) is 4.25. The number of pyridine rings is 1. The first-order valence-electron chi connectivity index (χ1n) is 8.54. The van der Waals surface area contributed by atoms with Gasteiger partial charge < -0.3 is 19.9 Å². The summed E-state index contributed by atoms with van der Waals surface area (Å²) in [7, 11) is 0. The molecule has 3 aliphatic heterocycles. The number of hydrogen-bond acceptors (Lipinski definition) is 6. The van der Waals surface area contributed by atoms with Gasteiger partial charge in [-0.2, -0.15) is 0 Å². The van der Waals surface area contributed by atoms with Crippen molar-refractivity contribution in [3.8, 4) is 16.9 Å². The molecule has 0 amide bonds. The van der Waals surface area contributed by atoms with Crippen LogP contribution in [-0.2, 0) is 15.0 Å². The van der Waals surface area contributed by atoms with E-state index in [1.807, 2.05) is 18.2 Å². The molecule has 2 N–H and O–H groups in total. The van der Waals surface area contributed by atoms with E-state index in [2.05, 4.69) is 23.0 Å². The average molecular weight is 372 g/mol. The lowest BCUT2D eigenvalue weighted by atomic mass is 9.74. The Kier molecular flexibility index (Phi) is 3.27. The molecular formula is C19H18ClN3O3. The van der Waals surface area contributed by atoms with E-state index in [4.69, 9.17) is 31.5 Å². The van der Waals surface area contributed by atoms with Crippen molar-refractivity contribution in [2.24, 2.45) is 10.7 Å². The standard InChI is InChI=1S/C19H18ClN3O3/c1-18-4-5-24-16(18)19(10-25-17(21)23-19)14-7-11(2-3-15(14)26-18)12-6-13(20)9-22-8-12/h2-3,6-9,16H,4-5,10H2,1H3,(H2,21,23). The molecule has 6 nitrogen and oxygen atoms in total. The van der Waals surface area contributed by atoms with Crippen molar-refractivity contribution < 1.29 is 14.2 Å². The average Bonchev–Trinajstić information content (AvgIpc) is 3.19. The fraction of sp³-hybridized carbons (Fsp3) is 0.368. The number of rotatable bonds is 1. The zero-order chi connectivity index (χ0) is 17.9. The molecule has 1 aromatic heterocycles. The van der Waals surface area contributed by atoms with E-state index in [0.717, 1.165) is 28.9 Å². The lowest BCUT2D eigenvalue weighted by molar-refractivity contribution is -0.0755. The molecule has 0 saturated carbocycles. The van der Waals surface area contributed by atoms with Gasteiger partial charge in [-0.05, 0) is 30.7 Å². The second-order valence-electron chi connectivity index (χ2n) is 7.18. The van der Waals surface area contributed by atoms with Gasteiger partial charge in [0.1, 0.15) is 24.1 Å². The summed E-state index contributed by atoms with van der Waals surface area (Å²) in [6.07, 6.45) is 3.94. The highest BCUT2D eigenvalue weighted by atomic mass is 35.5. The molecule has 134 valence electrons. The van der Waals surface area contributed by atoms with Crippen LogP contribution in [0.3, 0.4) is 0 Å². The first-order valence-corrected chi connectivity index (χ1v) is 8.92. The van der Waals surface area contributed by atoms with E-state index in [1.165, 1.54) is 0 Å². The Bertz CT molecular complexity index is 934. The smallest absolute Gasteiger partial charge is 0.283 e. The van der Waals surface area contributed by atoms with Crippen molar-refractivity contribution in [2.45, 2.75) is 30.6 Å². The topological polar surface area (TPSA) is 79.0 Å². The van der Waals surface area contributed by atoms with Crippen molar-refractivity contribution in [1.82, 2.24) is 4.98 Å². The minimum absolute atomic E-state index is 0.186. The summed E-state index contributed by atoms with van der Waals surface area (Å²) in [5, 5.41) is 0.587. The van der Waals surface area contributed by atoms with Crippen LogP contribution >= 0.6 is 11.6 Å². The first kappa shape index (κ1) is 15.9. The van der Waals surface area contributed by atoms with Crippen LogP contribution in [0.2, 0.25) is 5.02 Å². The highest BCUT2D eigenvalue weighted by Crippen LogP contribution is 2.53. The molecule has 3 unspecified atom stereocenters. The SMILES string of the molecule is CC12CCOC1C1(COC(N)=N1)c1cc(-c3cncc(Cl)c3)ccc1O2. The minimum atomic E-state index is -0.703. The van der Waals surface area contributed by atoms with E-state index >= 15 is 0 Å². The Hall–Kier alpha value is -2.31. The summed E-state index contributed by atoms with van der Waals surface area (Å²) in [6.45, 7) is 3.03. The molecule has 2 aromatic rings. The molecule has 1 aromatic carbocycles. The van der Waals surface area contributed by atoms with Gasteiger partial charge in [0.25, 0.3) is 6.02 Å².